The molecule has 0 unspecified atom stereocenters. The average Bonchev–Trinajstić information content (AvgIpc) is 2.43. The third-order valence-corrected chi connectivity index (χ3v) is 3.56. The van der Waals surface area contributed by atoms with Crippen molar-refractivity contribution in [2.45, 2.75) is 38.0 Å². The van der Waals surface area contributed by atoms with Gasteiger partial charge < -0.3 is 5.32 Å². The molecule has 76 valence electrons. The average molecular weight is 191 g/mol. The zero-order valence-corrected chi connectivity index (χ0v) is 8.71. The molecular weight excluding hydrogens is 174 g/mol. The molecular formula is C11H17N3. The third kappa shape index (κ3) is 1.08. The van der Waals surface area contributed by atoms with Crippen molar-refractivity contribution < 1.29 is 0 Å². The highest BCUT2D eigenvalue weighted by Crippen LogP contribution is 2.40. The summed E-state index contributed by atoms with van der Waals surface area (Å²) in [6.07, 6.45) is 6.58. The molecule has 0 amide bonds. The Balaban J connectivity index is 2.02. The highest BCUT2D eigenvalue weighted by Gasteiger charge is 2.28. The van der Waals surface area contributed by atoms with E-state index >= 15 is 0 Å². The van der Waals surface area contributed by atoms with Crippen LogP contribution in [0.4, 0.5) is 5.82 Å². The van der Waals surface area contributed by atoms with Crippen LogP contribution < -0.4 is 5.32 Å². The molecule has 3 rings (SSSR count). The van der Waals surface area contributed by atoms with Gasteiger partial charge in [0.1, 0.15) is 5.82 Å². The molecule has 0 saturated heterocycles. The molecule has 0 atom stereocenters. The molecule has 2 heterocycles. The first-order valence-corrected chi connectivity index (χ1v) is 5.66. The SMILES string of the molecule is Cn1nc(C2CCC2)c2c1NCCC2. The number of rotatable bonds is 1. The van der Waals surface area contributed by atoms with Crippen LogP contribution >= 0.6 is 0 Å². The molecule has 0 bridgehead atoms. The van der Waals surface area contributed by atoms with E-state index in [1.165, 1.54) is 49.2 Å². The summed E-state index contributed by atoms with van der Waals surface area (Å²) in [7, 11) is 2.05. The van der Waals surface area contributed by atoms with Gasteiger partial charge in [-0.15, -0.1) is 0 Å². The van der Waals surface area contributed by atoms with Crippen molar-refractivity contribution in [3.8, 4) is 0 Å². The Kier molecular flexibility index (Phi) is 1.79. The summed E-state index contributed by atoms with van der Waals surface area (Å²) >= 11 is 0. The van der Waals surface area contributed by atoms with E-state index < -0.39 is 0 Å². The monoisotopic (exact) mass is 191 g/mol. The van der Waals surface area contributed by atoms with E-state index in [4.69, 9.17) is 0 Å². The summed E-state index contributed by atoms with van der Waals surface area (Å²) in [5.41, 5.74) is 2.89. The van der Waals surface area contributed by atoms with Crippen molar-refractivity contribution in [1.82, 2.24) is 9.78 Å². The van der Waals surface area contributed by atoms with Crippen molar-refractivity contribution in [3.05, 3.63) is 11.3 Å². The highest BCUT2D eigenvalue weighted by atomic mass is 15.3. The molecule has 1 aliphatic carbocycles. The summed E-state index contributed by atoms with van der Waals surface area (Å²) < 4.78 is 2.03. The maximum atomic E-state index is 4.67. The van der Waals surface area contributed by atoms with Gasteiger partial charge in [-0.3, -0.25) is 4.68 Å². The number of fused-ring (bicyclic) bond motifs is 1. The standard InChI is InChI=1S/C11H17N3/c1-14-11-9(6-3-7-12-11)10(13-14)8-4-2-5-8/h8,12H,2-7H2,1H3. The smallest absolute Gasteiger partial charge is 0.127 e. The highest BCUT2D eigenvalue weighted by molar-refractivity contribution is 5.51. The quantitative estimate of drug-likeness (QED) is 0.736. The molecule has 1 aliphatic heterocycles. The number of anilines is 1. The maximum absolute atomic E-state index is 4.67. The molecule has 1 fully saturated rings. The largest absolute Gasteiger partial charge is 0.370 e. The fourth-order valence-corrected chi connectivity index (χ4v) is 2.54. The number of aryl methyl sites for hydroxylation is 1. The van der Waals surface area contributed by atoms with Crippen LogP contribution in [0.3, 0.4) is 0 Å². The minimum Gasteiger partial charge on any atom is -0.370 e. The molecule has 14 heavy (non-hydrogen) atoms. The van der Waals surface area contributed by atoms with Gasteiger partial charge in [-0.2, -0.15) is 5.10 Å². The summed E-state index contributed by atoms with van der Waals surface area (Å²) in [5, 5.41) is 8.12. The fraction of sp³-hybridized carbons (Fsp3) is 0.727. The molecule has 0 aromatic carbocycles. The number of nitrogens with one attached hydrogen (secondary N) is 1. The van der Waals surface area contributed by atoms with Crippen molar-refractivity contribution in [3.63, 3.8) is 0 Å². The van der Waals surface area contributed by atoms with E-state index in [0.717, 1.165) is 12.5 Å². The predicted octanol–water partition coefficient (Wildman–Crippen LogP) is 2.05. The molecule has 1 saturated carbocycles. The molecule has 3 heteroatoms. The van der Waals surface area contributed by atoms with Crippen molar-refractivity contribution >= 4 is 5.82 Å². The third-order valence-electron chi connectivity index (χ3n) is 3.56. The van der Waals surface area contributed by atoms with Crippen LogP contribution in [-0.2, 0) is 13.5 Å². The topological polar surface area (TPSA) is 29.9 Å². The van der Waals surface area contributed by atoms with Gasteiger partial charge in [-0.05, 0) is 25.7 Å². The summed E-state index contributed by atoms with van der Waals surface area (Å²) in [5.74, 6) is 2.04. The van der Waals surface area contributed by atoms with Crippen LogP contribution in [0.1, 0.15) is 42.9 Å². The zero-order valence-electron chi connectivity index (χ0n) is 8.71. The Morgan fingerprint density at radius 3 is 2.93 bits per heavy atom. The predicted molar refractivity (Wildman–Crippen MR) is 56.6 cm³/mol. The lowest BCUT2D eigenvalue weighted by atomic mass is 9.81. The van der Waals surface area contributed by atoms with Crippen LogP contribution in [0.15, 0.2) is 0 Å². The molecule has 3 nitrogen and oxygen atoms in total. The molecule has 0 spiro atoms. The molecule has 2 aliphatic rings. The Labute approximate surface area is 84.5 Å². The summed E-state index contributed by atoms with van der Waals surface area (Å²) in [6, 6.07) is 0. The number of hydrogen-bond acceptors (Lipinski definition) is 2. The zero-order chi connectivity index (χ0) is 9.54. The van der Waals surface area contributed by atoms with E-state index in [1.807, 2.05) is 4.68 Å². The van der Waals surface area contributed by atoms with E-state index in [2.05, 4.69) is 17.5 Å². The molecule has 1 N–H and O–H groups in total. The molecule has 1 aromatic heterocycles. The first-order valence-electron chi connectivity index (χ1n) is 5.66. The van der Waals surface area contributed by atoms with Gasteiger partial charge in [0.15, 0.2) is 0 Å². The number of aromatic nitrogens is 2. The van der Waals surface area contributed by atoms with Crippen molar-refractivity contribution in [2.75, 3.05) is 11.9 Å². The summed E-state index contributed by atoms with van der Waals surface area (Å²) in [4.78, 5) is 0. The fourth-order valence-electron chi connectivity index (χ4n) is 2.54. The van der Waals surface area contributed by atoms with Crippen molar-refractivity contribution in [1.29, 1.82) is 0 Å². The van der Waals surface area contributed by atoms with Gasteiger partial charge in [-0.1, -0.05) is 6.42 Å². The lowest BCUT2D eigenvalue weighted by Gasteiger charge is -2.25. The van der Waals surface area contributed by atoms with Crippen LogP contribution in [-0.4, -0.2) is 16.3 Å². The Morgan fingerprint density at radius 1 is 1.36 bits per heavy atom. The summed E-state index contributed by atoms with van der Waals surface area (Å²) in [6.45, 7) is 1.11. The maximum Gasteiger partial charge on any atom is 0.127 e. The lowest BCUT2D eigenvalue weighted by molar-refractivity contribution is 0.405. The van der Waals surface area contributed by atoms with Crippen LogP contribution in [0.5, 0.6) is 0 Å². The van der Waals surface area contributed by atoms with E-state index in [9.17, 15) is 0 Å². The van der Waals surface area contributed by atoms with Crippen molar-refractivity contribution in [2.24, 2.45) is 7.05 Å². The van der Waals surface area contributed by atoms with Gasteiger partial charge >= 0.3 is 0 Å². The van der Waals surface area contributed by atoms with Gasteiger partial charge in [-0.25, -0.2) is 0 Å². The normalized spacial score (nSPS) is 21.2. The lowest BCUT2D eigenvalue weighted by Crippen LogP contribution is -2.15. The van der Waals surface area contributed by atoms with Crippen LogP contribution in [0.2, 0.25) is 0 Å². The van der Waals surface area contributed by atoms with E-state index in [-0.39, 0.29) is 0 Å². The Bertz CT molecular complexity index is 350. The van der Waals surface area contributed by atoms with Crippen LogP contribution in [0.25, 0.3) is 0 Å². The minimum absolute atomic E-state index is 0.768. The van der Waals surface area contributed by atoms with Gasteiger partial charge in [0.25, 0.3) is 0 Å². The van der Waals surface area contributed by atoms with Gasteiger partial charge in [0.05, 0.1) is 5.69 Å². The minimum atomic E-state index is 0.768. The van der Waals surface area contributed by atoms with E-state index in [1.54, 1.807) is 0 Å². The van der Waals surface area contributed by atoms with Crippen LogP contribution in [0, 0.1) is 0 Å². The molecule has 0 radical (unpaired) electrons. The first-order chi connectivity index (χ1) is 6.86. The second-order valence-electron chi connectivity index (χ2n) is 4.49. The van der Waals surface area contributed by atoms with Gasteiger partial charge in [0.2, 0.25) is 0 Å². The second-order valence-corrected chi connectivity index (χ2v) is 4.49. The van der Waals surface area contributed by atoms with E-state index in [0.29, 0.717) is 0 Å². The van der Waals surface area contributed by atoms with Gasteiger partial charge in [0, 0.05) is 25.1 Å². The number of hydrogen-bond donors (Lipinski definition) is 1. The molecule has 1 aromatic rings. The Morgan fingerprint density at radius 2 is 2.21 bits per heavy atom. The first kappa shape index (κ1) is 8.33. The number of nitrogens with zero attached hydrogens (tertiary/aromatic N) is 2. The Hall–Kier alpha value is -0.990. The second kappa shape index (κ2) is 3.01.